The molecule has 0 bridgehead atoms. The number of rotatable bonds is 5. The predicted octanol–water partition coefficient (Wildman–Crippen LogP) is 0.568. The number of pyridine rings is 1. The average molecular weight is 231 g/mol. The van der Waals surface area contributed by atoms with Crippen molar-refractivity contribution in [3.05, 3.63) is 29.0 Å². The second-order valence-corrected chi connectivity index (χ2v) is 4.13. The summed E-state index contributed by atoms with van der Waals surface area (Å²) in [5.74, 6) is 0. The van der Waals surface area contributed by atoms with Crippen molar-refractivity contribution in [2.45, 2.75) is 19.1 Å². The molecule has 0 fully saturated rings. The standard InChI is InChI=1S/C10H15ClN2O2/c1-10(15,7-14)6-13-4-8-2-3-12-5-9(8)11/h2-3,5,13-15H,4,6-7H2,1H3. The molecule has 0 aliphatic rings. The molecule has 84 valence electrons. The Morgan fingerprint density at radius 2 is 2.33 bits per heavy atom. The Bertz CT molecular complexity index is 318. The molecule has 1 aromatic heterocycles. The van der Waals surface area contributed by atoms with Gasteiger partial charge in [-0.15, -0.1) is 0 Å². The lowest BCUT2D eigenvalue weighted by Gasteiger charge is -2.20. The van der Waals surface area contributed by atoms with Crippen LogP contribution in [0.4, 0.5) is 0 Å². The van der Waals surface area contributed by atoms with Crippen LogP contribution >= 0.6 is 11.6 Å². The number of nitrogens with one attached hydrogen (secondary N) is 1. The van der Waals surface area contributed by atoms with Gasteiger partial charge in [-0.1, -0.05) is 11.6 Å². The largest absolute Gasteiger partial charge is 0.393 e. The zero-order valence-corrected chi connectivity index (χ0v) is 9.33. The fourth-order valence-electron chi connectivity index (χ4n) is 1.07. The molecule has 1 atom stereocenters. The van der Waals surface area contributed by atoms with E-state index in [1.54, 1.807) is 19.3 Å². The molecule has 0 spiro atoms. The average Bonchev–Trinajstić information content (AvgIpc) is 2.21. The summed E-state index contributed by atoms with van der Waals surface area (Å²) in [7, 11) is 0. The second-order valence-electron chi connectivity index (χ2n) is 3.73. The van der Waals surface area contributed by atoms with Crippen LogP contribution in [0.25, 0.3) is 0 Å². The van der Waals surface area contributed by atoms with Gasteiger partial charge in [0.1, 0.15) is 0 Å². The Morgan fingerprint density at radius 1 is 1.60 bits per heavy atom. The normalized spacial score (nSPS) is 14.9. The predicted molar refractivity (Wildman–Crippen MR) is 58.7 cm³/mol. The summed E-state index contributed by atoms with van der Waals surface area (Å²) in [5.41, 5.74) is -0.181. The van der Waals surface area contributed by atoms with Crippen molar-refractivity contribution in [2.24, 2.45) is 0 Å². The summed E-state index contributed by atoms with van der Waals surface area (Å²) in [6, 6.07) is 1.81. The summed E-state index contributed by atoms with van der Waals surface area (Å²) < 4.78 is 0. The van der Waals surface area contributed by atoms with Gasteiger partial charge < -0.3 is 15.5 Å². The van der Waals surface area contributed by atoms with Gasteiger partial charge in [-0.25, -0.2) is 0 Å². The van der Waals surface area contributed by atoms with Crippen molar-refractivity contribution in [1.82, 2.24) is 10.3 Å². The van der Waals surface area contributed by atoms with Crippen molar-refractivity contribution in [3.8, 4) is 0 Å². The number of hydrogen-bond donors (Lipinski definition) is 3. The zero-order chi connectivity index (χ0) is 11.3. The van der Waals surface area contributed by atoms with Crippen LogP contribution < -0.4 is 5.32 Å². The van der Waals surface area contributed by atoms with Crippen LogP contribution in [-0.4, -0.2) is 33.9 Å². The van der Waals surface area contributed by atoms with Crippen molar-refractivity contribution in [1.29, 1.82) is 0 Å². The Labute approximate surface area is 93.9 Å². The lowest BCUT2D eigenvalue weighted by Crippen LogP contribution is -2.40. The molecular weight excluding hydrogens is 216 g/mol. The van der Waals surface area contributed by atoms with Gasteiger partial charge in [-0.3, -0.25) is 4.98 Å². The molecule has 1 aromatic rings. The third-order valence-corrected chi connectivity index (χ3v) is 2.36. The first-order valence-electron chi connectivity index (χ1n) is 4.67. The number of halogens is 1. The van der Waals surface area contributed by atoms with Gasteiger partial charge in [-0.2, -0.15) is 0 Å². The molecule has 4 nitrogen and oxygen atoms in total. The first-order valence-corrected chi connectivity index (χ1v) is 5.05. The number of nitrogens with zero attached hydrogens (tertiary/aromatic N) is 1. The molecule has 5 heteroatoms. The number of aliphatic hydroxyl groups is 2. The smallest absolute Gasteiger partial charge is 0.0972 e. The van der Waals surface area contributed by atoms with E-state index in [0.29, 0.717) is 18.1 Å². The molecule has 0 saturated carbocycles. The van der Waals surface area contributed by atoms with Crippen LogP contribution in [-0.2, 0) is 6.54 Å². The minimum absolute atomic E-state index is 0.274. The third kappa shape index (κ3) is 4.13. The zero-order valence-electron chi connectivity index (χ0n) is 8.57. The van der Waals surface area contributed by atoms with E-state index in [1.807, 2.05) is 6.07 Å². The van der Waals surface area contributed by atoms with Crippen molar-refractivity contribution >= 4 is 11.6 Å². The summed E-state index contributed by atoms with van der Waals surface area (Å²) in [4.78, 5) is 3.87. The third-order valence-electron chi connectivity index (χ3n) is 2.02. The first-order chi connectivity index (χ1) is 7.05. The van der Waals surface area contributed by atoms with E-state index >= 15 is 0 Å². The van der Waals surface area contributed by atoms with Gasteiger partial charge >= 0.3 is 0 Å². The molecule has 0 saturated heterocycles. The van der Waals surface area contributed by atoms with Crippen molar-refractivity contribution < 1.29 is 10.2 Å². The van der Waals surface area contributed by atoms with E-state index in [9.17, 15) is 5.11 Å². The van der Waals surface area contributed by atoms with Crippen LogP contribution in [0, 0.1) is 0 Å². The summed E-state index contributed by atoms with van der Waals surface area (Å²) in [5, 5.41) is 21.9. The van der Waals surface area contributed by atoms with E-state index in [2.05, 4.69) is 10.3 Å². The molecule has 0 amide bonds. The van der Waals surface area contributed by atoms with Crippen LogP contribution in [0.1, 0.15) is 12.5 Å². The minimum atomic E-state index is -1.10. The maximum atomic E-state index is 9.51. The molecule has 0 aromatic carbocycles. The molecule has 1 unspecified atom stereocenters. The van der Waals surface area contributed by atoms with Crippen molar-refractivity contribution in [3.63, 3.8) is 0 Å². The number of aromatic nitrogens is 1. The molecule has 15 heavy (non-hydrogen) atoms. The van der Waals surface area contributed by atoms with Gasteiger partial charge in [0.25, 0.3) is 0 Å². The molecule has 1 heterocycles. The second kappa shape index (κ2) is 5.42. The molecule has 1 rings (SSSR count). The maximum absolute atomic E-state index is 9.51. The van der Waals surface area contributed by atoms with Gasteiger partial charge in [0.05, 0.1) is 17.2 Å². The summed E-state index contributed by atoms with van der Waals surface area (Å²) in [6.07, 6.45) is 3.23. The maximum Gasteiger partial charge on any atom is 0.0972 e. The monoisotopic (exact) mass is 230 g/mol. The van der Waals surface area contributed by atoms with E-state index in [4.69, 9.17) is 16.7 Å². The number of aliphatic hydroxyl groups excluding tert-OH is 1. The SMILES string of the molecule is CC(O)(CO)CNCc1ccncc1Cl. The van der Waals surface area contributed by atoms with E-state index in [1.165, 1.54) is 0 Å². The Morgan fingerprint density at radius 3 is 2.93 bits per heavy atom. The highest BCUT2D eigenvalue weighted by molar-refractivity contribution is 6.31. The van der Waals surface area contributed by atoms with Gasteiger partial charge in [0.15, 0.2) is 0 Å². The lowest BCUT2D eigenvalue weighted by molar-refractivity contribution is 0.00254. The molecular formula is C10H15ClN2O2. The van der Waals surface area contributed by atoms with E-state index in [-0.39, 0.29) is 6.61 Å². The van der Waals surface area contributed by atoms with Crippen LogP contribution in [0.3, 0.4) is 0 Å². The molecule has 0 aliphatic heterocycles. The van der Waals surface area contributed by atoms with Gasteiger partial charge in [0, 0.05) is 25.5 Å². The fourth-order valence-corrected chi connectivity index (χ4v) is 1.26. The van der Waals surface area contributed by atoms with E-state index < -0.39 is 5.60 Å². The lowest BCUT2D eigenvalue weighted by atomic mass is 10.1. The molecule has 3 N–H and O–H groups in total. The highest BCUT2D eigenvalue weighted by atomic mass is 35.5. The Kier molecular flexibility index (Phi) is 4.47. The van der Waals surface area contributed by atoms with E-state index in [0.717, 1.165) is 5.56 Å². The van der Waals surface area contributed by atoms with Crippen molar-refractivity contribution in [2.75, 3.05) is 13.2 Å². The van der Waals surface area contributed by atoms with Crippen LogP contribution in [0.5, 0.6) is 0 Å². The van der Waals surface area contributed by atoms with Gasteiger partial charge in [-0.05, 0) is 18.6 Å². The minimum Gasteiger partial charge on any atom is -0.393 e. The highest BCUT2D eigenvalue weighted by Crippen LogP contribution is 2.12. The van der Waals surface area contributed by atoms with Crippen LogP contribution in [0.2, 0.25) is 5.02 Å². The summed E-state index contributed by atoms with van der Waals surface area (Å²) >= 11 is 5.89. The highest BCUT2D eigenvalue weighted by Gasteiger charge is 2.17. The fraction of sp³-hybridized carbons (Fsp3) is 0.500. The number of hydrogen-bond acceptors (Lipinski definition) is 4. The molecule has 0 radical (unpaired) electrons. The Balaban J connectivity index is 2.42. The first kappa shape index (κ1) is 12.4. The topological polar surface area (TPSA) is 65.4 Å². The summed E-state index contributed by atoms with van der Waals surface area (Å²) in [6.45, 7) is 2.14. The van der Waals surface area contributed by atoms with Gasteiger partial charge in [0.2, 0.25) is 0 Å². The van der Waals surface area contributed by atoms with Crippen LogP contribution in [0.15, 0.2) is 18.5 Å². The quantitative estimate of drug-likeness (QED) is 0.692. The molecule has 0 aliphatic carbocycles. The Hall–Kier alpha value is -0.680.